The number of ether oxygens (including phenoxy) is 1. The fourth-order valence-electron chi connectivity index (χ4n) is 2.97. The lowest BCUT2D eigenvalue weighted by atomic mass is 10.1. The van der Waals surface area contributed by atoms with Gasteiger partial charge in [-0.3, -0.25) is 0 Å². The molecule has 0 atom stereocenters. The van der Waals surface area contributed by atoms with E-state index in [1.54, 1.807) is 31.5 Å². The SMILES string of the molecule is COc1cccc(Cn2cc(-c3ccc(Cl)c(F)c3)c3cccnc32)n1. The number of methoxy groups -OCH3 is 1. The molecular weight excluding hydrogens is 353 g/mol. The zero-order chi connectivity index (χ0) is 18.1. The molecule has 4 rings (SSSR count). The van der Waals surface area contributed by atoms with E-state index in [0.717, 1.165) is 27.9 Å². The molecular formula is C20H15ClFN3O. The number of fused-ring (bicyclic) bond motifs is 1. The Kier molecular flexibility index (Phi) is 4.31. The van der Waals surface area contributed by atoms with Gasteiger partial charge in [-0.15, -0.1) is 0 Å². The molecule has 4 aromatic rings. The Hall–Kier alpha value is -2.92. The van der Waals surface area contributed by atoms with Crippen LogP contribution in [0.15, 0.2) is 60.9 Å². The molecule has 0 aliphatic carbocycles. The van der Waals surface area contributed by atoms with Crippen LogP contribution in [0.3, 0.4) is 0 Å². The Morgan fingerprint density at radius 2 is 2.04 bits per heavy atom. The summed E-state index contributed by atoms with van der Waals surface area (Å²) >= 11 is 5.81. The second-order valence-electron chi connectivity index (χ2n) is 5.85. The van der Waals surface area contributed by atoms with Gasteiger partial charge in [0.05, 0.1) is 24.4 Å². The summed E-state index contributed by atoms with van der Waals surface area (Å²) in [6, 6.07) is 14.3. The summed E-state index contributed by atoms with van der Waals surface area (Å²) in [5.74, 6) is 0.121. The molecule has 26 heavy (non-hydrogen) atoms. The van der Waals surface area contributed by atoms with Crippen LogP contribution in [0.2, 0.25) is 5.02 Å². The topological polar surface area (TPSA) is 39.9 Å². The third-order valence-electron chi connectivity index (χ3n) is 4.19. The highest BCUT2D eigenvalue weighted by Crippen LogP contribution is 2.31. The highest BCUT2D eigenvalue weighted by atomic mass is 35.5. The van der Waals surface area contributed by atoms with E-state index >= 15 is 0 Å². The molecule has 4 nitrogen and oxygen atoms in total. The van der Waals surface area contributed by atoms with Crippen LogP contribution in [0.4, 0.5) is 4.39 Å². The summed E-state index contributed by atoms with van der Waals surface area (Å²) < 4.78 is 21.1. The van der Waals surface area contributed by atoms with Gasteiger partial charge in [-0.25, -0.2) is 14.4 Å². The number of hydrogen-bond donors (Lipinski definition) is 0. The number of nitrogens with zero attached hydrogens (tertiary/aromatic N) is 3. The number of halogens is 2. The minimum absolute atomic E-state index is 0.108. The summed E-state index contributed by atoms with van der Waals surface area (Å²) in [5.41, 5.74) is 3.30. The Morgan fingerprint density at radius 1 is 1.15 bits per heavy atom. The van der Waals surface area contributed by atoms with E-state index in [9.17, 15) is 4.39 Å². The monoisotopic (exact) mass is 367 g/mol. The number of rotatable bonds is 4. The average molecular weight is 368 g/mol. The largest absolute Gasteiger partial charge is 0.481 e. The summed E-state index contributed by atoms with van der Waals surface area (Å²) in [6.07, 6.45) is 3.70. The number of aromatic nitrogens is 3. The van der Waals surface area contributed by atoms with Gasteiger partial charge in [0.25, 0.3) is 0 Å². The first-order chi connectivity index (χ1) is 12.7. The van der Waals surface area contributed by atoms with Crippen molar-refractivity contribution in [1.29, 1.82) is 0 Å². The van der Waals surface area contributed by atoms with Crippen molar-refractivity contribution < 1.29 is 9.13 Å². The molecule has 0 saturated carbocycles. The summed E-state index contributed by atoms with van der Waals surface area (Å²) in [5, 5.41) is 1.05. The standard InChI is InChI=1S/C20H15ClFN3O/c1-26-19-6-2-4-14(24-19)11-25-12-16(15-5-3-9-23-20(15)25)13-7-8-17(21)18(22)10-13/h2-10,12H,11H2,1H3. The average Bonchev–Trinajstić information content (AvgIpc) is 3.03. The first-order valence-corrected chi connectivity index (χ1v) is 8.42. The van der Waals surface area contributed by atoms with Crippen LogP contribution < -0.4 is 4.74 Å². The normalized spacial score (nSPS) is 11.0. The van der Waals surface area contributed by atoms with Crippen LogP contribution in [0.5, 0.6) is 5.88 Å². The maximum Gasteiger partial charge on any atom is 0.213 e. The van der Waals surface area contributed by atoms with Crippen LogP contribution in [0, 0.1) is 5.82 Å². The summed E-state index contributed by atoms with van der Waals surface area (Å²) in [4.78, 5) is 8.94. The first kappa shape index (κ1) is 16.5. The molecule has 0 spiro atoms. The van der Waals surface area contributed by atoms with Gasteiger partial charge >= 0.3 is 0 Å². The predicted molar refractivity (Wildman–Crippen MR) is 100 cm³/mol. The molecule has 3 aromatic heterocycles. The van der Waals surface area contributed by atoms with E-state index in [4.69, 9.17) is 16.3 Å². The molecule has 1 aromatic carbocycles. The van der Waals surface area contributed by atoms with Crippen molar-refractivity contribution in [2.75, 3.05) is 7.11 Å². The van der Waals surface area contributed by atoms with E-state index in [0.29, 0.717) is 12.4 Å². The first-order valence-electron chi connectivity index (χ1n) is 8.05. The van der Waals surface area contributed by atoms with E-state index in [1.165, 1.54) is 6.07 Å². The third-order valence-corrected chi connectivity index (χ3v) is 4.49. The predicted octanol–water partition coefficient (Wildman–Crippen LogP) is 4.95. The lowest BCUT2D eigenvalue weighted by molar-refractivity contribution is 0.396. The summed E-state index contributed by atoms with van der Waals surface area (Å²) in [6.45, 7) is 0.529. The van der Waals surface area contributed by atoms with E-state index in [2.05, 4.69) is 9.97 Å². The van der Waals surface area contributed by atoms with Crippen molar-refractivity contribution in [2.24, 2.45) is 0 Å². The highest BCUT2D eigenvalue weighted by molar-refractivity contribution is 6.30. The van der Waals surface area contributed by atoms with Gasteiger partial charge in [-0.1, -0.05) is 23.7 Å². The summed E-state index contributed by atoms with van der Waals surface area (Å²) in [7, 11) is 1.59. The van der Waals surface area contributed by atoms with Crippen molar-refractivity contribution in [2.45, 2.75) is 6.54 Å². The minimum Gasteiger partial charge on any atom is -0.481 e. The van der Waals surface area contributed by atoms with Crippen molar-refractivity contribution >= 4 is 22.6 Å². The maximum absolute atomic E-state index is 13.9. The Morgan fingerprint density at radius 3 is 2.85 bits per heavy atom. The van der Waals surface area contributed by atoms with E-state index < -0.39 is 5.82 Å². The van der Waals surface area contributed by atoms with Crippen LogP contribution >= 0.6 is 11.6 Å². The van der Waals surface area contributed by atoms with Gasteiger partial charge in [-0.2, -0.15) is 0 Å². The second-order valence-corrected chi connectivity index (χ2v) is 6.25. The Labute approximate surface area is 154 Å². The van der Waals surface area contributed by atoms with Crippen molar-refractivity contribution in [3.63, 3.8) is 0 Å². The quantitative estimate of drug-likeness (QED) is 0.512. The molecule has 0 amide bonds. The minimum atomic E-state index is -0.441. The van der Waals surface area contributed by atoms with Gasteiger partial charge in [0.2, 0.25) is 5.88 Å². The van der Waals surface area contributed by atoms with Gasteiger partial charge in [0.1, 0.15) is 11.5 Å². The smallest absolute Gasteiger partial charge is 0.213 e. The molecule has 6 heteroatoms. The molecule has 0 unspecified atom stereocenters. The van der Waals surface area contributed by atoms with Gasteiger partial charge in [0, 0.05) is 29.4 Å². The second kappa shape index (κ2) is 6.77. The fourth-order valence-corrected chi connectivity index (χ4v) is 3.09. The molecule has 130 valence electrons. The molecule has 0 saturated heterocycles. The molecule has 0 aliphatic heterocycles. The number of hydrogen-bond acceptors (Lipinski definition) is 3. The lowest BCUT2D eigenvalue weighted by Gasteiger charge is -2.05. The van der Waals surface area contributed by atoms with Crippen LogP contribution in [-0.2, 0) is 6.54 Å². The van der Waals surface area contributed by atoms with Crippen molar-refractivity contribution in [3.8, 4) is 17.0 Å². The number of pyridine rings is 2. The van der Waals surface area contributed by atoms with Crippen LogP contribution in [-0.4, -0.2) is 21.6 Å². The third kappa shape index (κ3) is 3.02. The van der Waals surface area contributed by atoms with Crippen molar-refractivity contribution in [1.82, 2.24) is 14.5 Å². The van der Waals surface area contributed by atoms with Crippen molar-refractivity contribution in [3.05, 3.63) is 77.5 Å². The van der Waals surface area contributed by atoms with E-state index in [1.807, 2.05) is 35.0 Å². The zero-order valence-corrected chi connectivity index (χ0v) is 14.7. The zero-order valence-electron chi connectivity index (χ0n) is 14.0. The molecule has 0 radical (unpaired) electrons. The highest BCUT2D eigenvalue weighted by Gasteiger charge is 2.13. The molecule has 0 bridgehead atoms. The van der Waals surface area contributed by atoms with Crippen LogP contribution in [0.1, 0.15) is 5.69 Å². The van der Waals surface area contributed by atoms with Gasteiger partial charge < -0.3 is 9.30 Å². The Bertz CT molecular complexity index is 1090. The number of benzene rings is 1. The van der Waals surface area contributed by atoms with E-state index in [-0.39, 0.29) is 5.02 Å². The van der Waals surface area contributed by atoms with Crippen LogP contribution in [0.25, 0.3) is 22.2 Å². The molecule has 0 aliphatic rings. The molecule has 0 fully saturated rings. The fraction of sp³-hybridized carbons (Fsp3) is 0.100. The maximum atomic E-state index is 13.9. The van der Waals surface area contributed by atoms with Gasteiger partial charge in [0.15, 0.2) is 0 Å². The molecule has 0 N–H and O–H groups in total. The Balaban J connectivity index is 1.82. The molecule has 3 heterocycles. The lowest BCUT2D eigenvalue weighted by Crippen LogP contribution is -2.02. The van der Waals surface area contributed by atoms with Gasteiger partial charge in [-0.05, 0) is 35.9 Å².